The molecule has 0 spiro atoms. The highest BCUT2D eigenvalue weighted by Crippen LogP contribution is 2.21. The van der Waals surface area contributed by atoms with Crippen LogP contribution in [0.5, 0.6) is 0 Å². The first-order chi connectivity index (χ1) is 16.0. The Morgan fingerprint density at radius 3 is 2.09 bits per heavy atom. The van der Waals surface area contributed by atoms with Crippen LogP contribution in [0.25, 0.3) is 16.6 Å². The second-order valence-corrected chi connectivity index (χ2v) is 8.31. The summed E-state index contributed by atoms with van der Waals surface area (Å²) in [7, 11) is 0. The number of hydrogen-bond acceptors (Lipinski definition) is 5. The second-order valence-electron chi connectivity index (χ2n) is 8.31. The summed E-state index contributed by atoms with van der Waals surface area (Å²) in [6, 6.07) is 19.9. The van der Waals surface area contributed by atoms with E-state index in [-0.39, 0.29) is 18.0 Å². The number of fused-ring (bicyclic) bond motifs is 1. The first-order valence-corrected chi connectivity index (χ1v) is 11.1. The molecule has 0 atom stereocenters. The third-order valence-electron chi connectivity index (χ3n) is 6.23. The van der Waals surface area contributed by atoms with Gasteiger partial charge in [-0.1, -0.05) is 36.4 Å². The van der Waals surface area contributed by atoms with Crippen LogP contribution in [0.3, 0.4) is 0 Å². The largest absolute Gasteiger partial charge is 0.368 e. The van der Waals surface area contributed by atoms with Crippen LogP contribution in [0, 0.1) is 13.8 Å². The average molecular weight is 443 g/mol. The molecule has 8 heteroatoms. The van der Waals surface area contributed by atoms with Crippen LogP contribution in [0.4, 0.5) is 5.69 Å². The van der Waals surface area contributed by atoms with E-state index in [4.69, 9.17) is 0 Å². The lowest BCUT2D eigenvalue weighted by atomic mass is 10.2. The number of para-hydroxylation sites is 2. The van der Waals surface area contributed by atoms with Crippen molar-refractivity contribution in [1.29, 1.82) is 0 Å². The number of hydrogen-bond donors (Lipinski definition) is 0. The van der Waals surface area contributed by atoms with Crippen LogP contribution in [0.2, 0.25) is 0 Å². The molecule has 33 heavy (non-hydrogen) atoms. The quantitative estimate of drug-likeness (QED) is 0.486. The maximum atomic E-state index is 13.2. The van der Waals surface area contributed by atoms with Crippen LogP contribution in [-0.4, -0.2) is 56.5 Å². The summed E-state index contributed by atoms with van der Waals surface area (Å²) in [6.07, 6.45) is 0. The minimum absolute atomic E-state index is 0.0851. The van der Waals surface area contributed by atoms with Gasteiger partial charge in [0.1, 0.15) is 6.54 Å². The third kappa shape index (κ3) is 3.88. The topological polar surface area (TPSA) is 76.3 Å². The third-order valence-corrected chi connectivity index (χ3v) is 6.23. The Bertz CT molecular complexity index is 1350. The number of rotatable bonds is 4. The van der Waals surface area contributed by atoms with Gasteiger partial charge in [-0.2, -0.15) is 10.2 Å². The Morgan fingerprint density at radius 2 is 1.45 bits per heavy atom. The number of carbonyl (C=O) groups excluding carboxylic acids is 1. The summed E-state index contributed by atoms with van der Waals surface area (Å²) in [4.78, 5) is 30.2. The van der Waals surface area contributed by atoms with Crippen LogP contribution >= 0.6 is 0 Å². The fourth-order valence-electron chi connectivity index (χ4n) is 4.49. The molecule has 2 aromatic carbocycles. The predicted molar refractivity (Wildman–Crippen MR) is 128 cm³/mol. The molecule has 1 aliphatic rings. The standard InChI is InChI=1S/C25H26N6O2/c1-18-23-19(2)31(21-11-7-4-8-12-21)27-24(23)25(33)30(26-18)17-22(32)29-15-13-28(14-16-29)20-9-5-3-6-10-20/h3-12H,13-17H2,1-2H3. The molecule has 1 aliphatic heterocycles. The Balaban J connectivity index is 1.37. The van der Waals surface area contributed by atoms with Gasteiger partial charge < -0.3 is 9.80 Å². The molecule has 3 heterocycles. The van der Waals surface area contributed by atoms with Crippen molar-refractivity contribution in [3.63, 3.8) is 0 Å². The first kappa shape index (κ1) is 20.9. The number of benzene rings is 2. The van der Waals surface area contributed by atoms with Gasteiger partial charge >= 0.3 is 0 Å². The molecular weight excluding hydrogens is 416 g/mol. The lowest BCUT2D eigenvalue weighted by Gasteiger charge is -2.36. The van der Waals surface area contributed by atoms with E-state index in [2.05, 4.69) is 27.2 Å². The van der Waals surface area contributed by atoms with Gasteiger partial charge in [-0.25, -0.2) is 9.36 Å². The number of anilines is 1. The smallest absolute Gasteiger partial charge is 0.295 e. The summed E-state index contributed by atoms with van der Waals surface area (Å²) < 4.78 is 3.01. The van der Waals surface area contributed by atoms with Gasteiger partial charge in [0.15, 0.2) is 5.52 Å². The lowest BCUT2D eigenvalue weighted by molar-refractivity contribution is -0.132. The van der Waals surface area contributed by atoms with Gasteiger partial charge in [0.05, 0.1) is 22.5 Å². The zero-order valence-corrected chi connectivity index (χ0v) is 18.8. The monoisotopic (exact) mass is 442 g/mol. The van der Waals surface area contributed by atoms with Crippen molar-refractivity contribution in [3.8, 4) is 5.69 Å². The first-order valence-electron chi connectivity index (χ1n) is 11.1. The number of nitrogens with zero attached hydrogens (tertiary/aromatic N) is 6. The van der Waals surface area contributed by atoms with E-state index in [1.807, 2.05) is 62.4 Å². The SMILES string of the molecule is Cc1nn(CC(=O)N2CCN(c3ccccc3)CC2)c(=O)c2nn(-c3ccccc3)c(C)c12. The van der Waals surface area contributed by atoms with Crippen LogP contribution < -0.4 is 10.5 Å². The summed E-state index contributed by atoms with van der Waals surface area (Å²) in [5.74, 6) is -0.102. The van der Waals surface area contributed by atoms with Crippen LogP contribution in [0.15, 0.2) is 65.5 Å². The maximum Gasteiger partial charge on any atom is 0.295 e. The fourth-order valence-corrected chi connectivity index (χ4v) is 4.49. The van der Waals surface area contributed by atoms with Crippen molar-refractivity contribution in [2.24, 2.45) is 0 Å². The highest BCUT2D eigenvalue weighted by atomic mass is 16.2. The van der Waals surface area contributed by atoms with E-state index >= 15 is 0 Å². The lowest BCUT2D eigenvalue weighted by Crippen LogP contribution is -2.50. The van der Waals surface area contributed by atoms with Gasteiger partial charge in [-0.3, -0.25) is 9.59 Å². The number of aromatic nitrogens is 4. The molecule has 0 aliphatic carbocycles. The van der Waals surface area contributed by atoms with E-state index in [0.717, 1.165) is 35.5 Å². The Kier molecular flexibility index (Phi) is 5.42. The molecule has 0 radical (unpaired) electrons. The van der Waals surface area contributed by atoms with Gasteiger partial charge in [0, 0.05) is 31.9 Å². The summed E-state index contributed by atoms with van der Waals surface area (Å²) in [6.45, 7) is 6.45. The van der Waals surface area contributed by atoms with Crippen molar-refractivity contribution in [2.45, 2.75) is 20.4 Å². The second kappa shape index (κ2) is 8.54. The highest BCUT2D eigenvalue weighted by Gasteiger charge is 2.24. The fraction of sp³-hybridized carbons (Fsp3) is 0.280. The molecule has 1 saturated heterocycles. The van der Waals surface area contributed by atoms with Crippen molar-refractivity contribution >= 4 is 22.5 Å². The van der Waals surface area contributed by atoms with Gasteiger partial charge in [0.25, 0.3) is 5.56 Å². The van der Waals surface area contributed by atoms with E-state index in [1.54, 1.807) is 9.58 Å². The molecule has 2 aromatic heterocycles. The van der Waals surface area contributed by atoms with E-state index in [9.17, 15) is 9.59 Å². The molecule has 0 saturated carbocycles. The zero-order valence-electron chi connectivity index (χ0n) is 18.8. The van der Waals surface area contributed by atoms with Gasteiger partial charge in [0.2, 0.25) is 5.91 Å². The Hall–Kier alpha value is -3.94. The molecule has 0 N–H and O–H groups in total. The number of amides is 1. The Labute approximate surface area is 191 Å². The van der Waals surface area contributed by atoms with E-state index in [1.165, 1.54) is 4.68 Å². The highest BCUT2D eigenvalue weighted by molar-refractivity contribution is 5.84. The van der Waals surface area contributed by atoms with Crippen LogP contribution in [0.1, 0.15) is 11.4 Å². The van der Waals surface area contributed by atoms with Gasteiger partial charge in [-0.15, -0.1) is 0 Å². The average Bonchev–Trinajstić information content (AvgIpc) is 3.21. The van der Waals surface area contributed by atoms with Crippen molar-refractivity contribution in [3.05, 3.63) is 82.4 Å². The molecule has 1 amide bonds. The molecule has 0 unspecified atom stereocenters. The normalized spacial score (nSPS) is 14.1. The summed E-state index contributed by atoms with van der Waals surface area (Å²) >= 11 is 0. The van der Waals surface area contributed by atoms with Crippen LogP contribution in [-0.2, 0) is 11.3 Å². The number of piperazine rings is 1. The van der Waals surface area contributed by atoms with Crippen molar-refractivity contribution in [1.82, 2.24) is 24.5 Å². The maximum absolute atomic E-state index is 13.2. The molecular formula is C25H26N6O2. The molecule has 5 rings (SSSR count). The summed E-state index contributed by atoms with van der Waals surface area (Å²) in [5, 5.41) is 9.78. The Morgan fingerprint density at radius 1 is 0.848 bits per heavy atom. The van der Waals surface area contributed by atoms with Crippen molar-refractivity contribution in [2.75, 3.05) is 31.1 Å². The molecule has 168 valence electrons. The molecule has 1 fully saturated rings. The minimum atomic E-state index is -0.343. The number of aryl methyl sites for hydroxylation is 2. The van der Waals surface area contributed by atoms with E-state index in [0.29, 0.717) is 24.3 Å². The van der Waals surface area contributed by atoms with Crippen molar-refractivity contribution < 1.29 is 4.79 Å². The van der Waals surface area contributed by atoms with Gasteiger partial charge in [-0.05, 0) is 38.1 Å². The minimum Gasteiger partial charge on any atom is -0.368 e. The molecule has 0 bridgehead atoms. The summed E-state index contributed by atoms with van der Waals surface area (Å²) in [5.41, 5.74) is 3.58. The molecule has 4 aromatic rings. The number of carbonyl (C=O) groups is 1. The zero-order chi connectivity index (χ0) is 22.9. The predicted octanol–water partition coefficient (Wildman–Crippen LogP) is 2.55. The van der Waals surface area contributed by atoms with E-state index < -0.39 is 0 Å². The molecule has 8 nitrogen and oxygen atoms in total.